The maximum absolute atomic E-state index is 11.9. The Morgan fingerprint density at radius 2 is 1.85 bits per heavy atom. The van der Waals surface area contributed by atoms with Gasteiger partial charge in [-0.15, -0.1) is 0 Å². The molecule has 0 fully saturated rings. The number of rotatable bonds is 3. The lowest BCUT2D eigenvalue weighted by molar-refractivity contribution is -0.122. The first kappa shape index (κ1) is 14.3. The Labute approximate surface area is 113 Å². The summed E-state index contributed by atoms with van der Waals surface area (Å²) in [5.41, 5.74) is 0.705. The molecule has 5 nitrogen and oxygen atoms in total. The van der Waals surface area contributed by atoms with Gasteiger partial charge in [-0.05, 0) is 17.7 Å². The van der Waals surface area contributed by atoms with E-state index in [0.29, 0.717) is 30.3 Å². The van der Waals surface area contributed by atoms with Crippen molar-refractivity contribution < 1.29 is 27.4 Å². The predicted molar refractivity (Wildman–Crippen MR) is 63.7 cm³/mol. The SMILES string of the molecule is O=C(NCc1ccc2c(c1)OCCO2)NCC(F)(F)F. The van der Waals surface area contributed by atoms with Crippen molar-refractivity contribution in [3.63, 3.8) is 0 Å². The van der Waals surface area contributed by atoms with E-state index < -0.39 is 18.8 Å². The summed E-state index contributed by atoms with van der Waals surface area (Å²) in [7, 11) is 0. The zero-order valence-corrected chi connectivity index (χ0v) is 10.4. The van der Waals surface area contributed by atoms with E-state index in [-0.39, 0.29) is 6.54 Å². The molecule has 1 aromatic carbocycles. The molecule has 0 saturated carbocycles. The summed E-state index contributed by atoms with van der Waals surface area (Å²) in [5.74, 6) is 1.17. The highest BCUT2D eigenvalue weighted by molar-refractivity contribution is 5.73. The minimum atomic E-state index is -4.42. The average molecular weight is 290 g/mol. The molecule has 110 valence electrons. The van der Waals surface area contributed by atoms with Gasteiger partial charge in [-0.1, -0.05) is 6.07 Å². The van der Waals surface area contributed by atoms with Crippen LogP contribution in [-0.2, 0) is 6.54 Å². The van der Waals surface area contributed by atoms with E-state index in [1.807, 2.05) is 0 Å². The Balaban J connectivity index is 1.83. The first-order valence-corrected chi connectivity index (χ1v) is 5.91. The number of carbonyl (C=O) groups excluding carboxylic acids is 1. The Morgan fingerprint density at radius 1 is 1.15 bits per heavy atom. The van der Waals surface area contributed by atoms with Gasteiger partial charge in [0.1, 0.15) is 19.8 Å². The summed E-state index contributed by atoms with van der Waals surface area (Å²) in [5, 5.41) is 4.06. The van der Waals surface area contributed by atoms with Gasteiger partial charge in [-0.2, -0.15) is 13.2 Å². The zero-order valence-electron chi connectivity index (χ0n) is 10.4. The van der Waals surface area contributed by atoms with Crippen LogP contribution >= 0.6 is 0 Å². The van der Waals surface area contributed by atoms with Crippen molar-refractivity contribution in [2.75, 3.05) is 19.8 Å². The molecule has 8 heteroatoms. The van der Waals surface area contributed by atoms with Crippen LogP contribution in [0.15, 0.2) is 18.2 Å². The van der Waals surface area contributed by atoms with Crippen LogP contribution in [0.5, 0.6) is 11.5 Å². The van der Waals surface area contributed by atoms with Crippen LogP contribution < -0.4 is 20.1 Å². The van der Waals surface area contributed by atoms with Gasteiger partial charge in [0.15, 0.2) is 11.5 Å². The number of hydrogen-bond acceptors (Lipinski definition) is 3. The smallest absolute Gasteiger partial charge is 0.405 e. The van der Waals surface area contributed by atoms with Gasteiger partial charge in [0.25, 0.3) is 0 Å². The molecule has 0 unspecified atom stereocenters. The highest BCUT2D eigenvalue weighted by Gasteiger charge is 2.27. The molecule has 2 rings (SSSR count). The number of fused-ring (bicyclic) bond motifs is 1. The molecular weight excluding hydrogens is 277 g/mol. The third-order valence-electron chi connectivity index (χ3n) is 2.51. The van der Waals surface area contributed by atoms with Crippen LogP contribution in [0.3, 0.4) is 0 Å². The number of benzene rings is 1. The maximum atomic E-state index is 11.9. The van der Waals surface area contributed by atoms with Crippen LogP contribution in [0, 0.1) is 0 Å². The Hall–Kier alpha value is -2.12. The number of urea groups is 1. The fourth-order valence-corrected chi connectivity index (χ4v) is 1.62. The zero-order chi connectivity index (χ0) is 14.6. The highest BCUT2D eigenvalue weighted by Crippen LogP contribution is 2.30. The van der Waals surface area contributed by atoms with Gasteiger partial charge in [0, 0.05) is 6.54 Å². The van der Waals surface area contributed by atoms with Crippen LogP contribution in [0.4, 0.5) is 18.0 Å². The van der Waals surface area contributed by atoms with E-state index in [9.17, 15) is 18.0 Å². The van der Waals surface area contributed by atoms with Crippen molar-refractivity contribution >= 4 is 6.03 Å². The molecule has 0 spiro atoms. The Bertz CT molecular complexity index is 491. The number of carbonyl (C=O) groups is 1. The van der Waals surface area contributed by atoms with Crippen LogP contribution in [-0.4, -0.2) is 32.0 Å². The molecule has 20 heavy (non-hydrogen) atoms. The van der Waals surface area contributed by atoms with Crippen molar-refractivity contribution in [2.24, 2.45) is 0 Å². The number of amides is 2. The van der Waals surface area contributed by atoms with Gasteiger partial charge in [-0.3, -0.25) is 0 Å². The standard InChI is InChI=1S/C12H13F3N2O3/c13-12(14,15)7-17-11(18)16-6-8-1-2-9-10(5-8)20-4-3-19-9/h1-2,5H,3-4,6-7H2,(H2,16,17,18). The second-order valence-electron chi connectivity index (χ2n) is 4.13. The molecule has 0 atom stereocenters. The van der Waals surface area contributed by atoms with Crippen LogP contribution in [0.25, 0.3) is 0 Å². The van der Waals surface area contributed by atoms with E-state index in [0.717, 1.165) is 0 Å². The van der Waals surface area contributed by atoms with Crippen molar-refractivity contribution in [1.29, 1.82) is 0 Å². The molecule has 0 radical (unpaired) electrons. The molecule has 0 aliphatic carbocycles. The van der Waals surface area contributed by atoms with Gasteiger partial charge >= 0.3 is 12.2 Å². The first-order chi connectivity index (χ1) is 9.44. The van der Waals surface area contributed by atoms with Gasteiger partial charge in [0.05, 0.1) is 0 Å². The normalized spacial score (nSPS) is 13.8. The molecule has 1 aromatic rings. The minimum Gasteiger partial charge on any atom is -0.486 e. The molecule has 2 amide bonds. The highest BCUT2D eigenvalue weighted by atomic mass is 19.4. The molecule has 0 aromatic heterocycles. The lowest BCUT2D eigenvalue weighted by atomic mass is 10.2. The number of hydrogen-bond donors (Lipinski definition) is 2. The summed E-state index contributed by atoms with van der Waals surface area (Å²) in [6, 6.07) is 4.20. The Morgan fingerprint density at radius 3 is 2.55 bits per heavy atom. The van der Waals surface area contributed by atoms with Crippen molar-refractivity contribution in [1.82, 2.24) is 10.6 Å². The van der Waals surface area contributed by atoms with Gasteiger partial charge in [0.2, 0.25) is 0 Å². The van der Waals surface area contributed by atoms with E-state index in [2.05, 4.69) is 5.32 Å². The molecular formula is C12H13F3N2O3. The quantitative estimate of drug-likeness (QED) is 0.892. The molecule has 1 heterocycles. The number of nitrogens with one attached hydrogen (secondary N) is 2. The van der Waals surface area contributed by atoms with Crippen LogP contribution in [0.2, 0.25) is 0 Å². The first-order valence-electron chi connectivity index (χ1n) is 5.91. The second kappa shape index (κ2) is 5.89. The van der Waals surface area contributed by atoms with E-state index in [1.54, 1.807) is 23.5 Å². The topological polar surface area (TPSA) is 59.6 Å². The fourth-order valence-electron chi connectivity index (χ4n) is 1.62. The average Bonchev–Trinajstić information content (AvgIpc) is 2.42. The van der Waals surface area contributed by atoms with Crippen molar-refractivity contribution in [3.8, 4) is 11.5 Å². The van der Waals surface area contributed by atoms with Gasteiger partial charge in [-0.25, -0.2) is 4.79 Å². The summed E-state index contributed by atoms with van der Waals surface area (Å²) in [6.07, 6.45) is -4.42. The van der Waals surface area contributed by atoms with Gasteiger partial charge < -0.3 is 20.1 Å². The van der Waals surface area contributed by atoms with Crippen molar-refractivity contribution in [2.45, 2.75) is 12.7 Å². The summed E-state index contributed by atoms with van der Waals surface area (Å²) >= 11 is 0. The third kappa shape index (κ3) is 4.22. The minimum absolute atomic E-state index is 0.0976. The predicted octanol–water partition coefficient (Wildman–Crippen LogP) is 1.82. The number of halogens is 3. The lowest BCUT2D eigenvalue weighted by Gasteiger charge is -2.19. The second-order valence-corrected chi connectivity index (χ2v) is 4.13. The summed E-state index contributed by atoms with van der Waals surface area (Å²) < 4.78 is 46.4. The number of alkyl halides is 3. The summed E-state index contributed by atoms with van der Waals surface area (Å²) in [4.78, 5) is 11.2. The third-order valence-corrected chi connectivity index (χ3v) is 2.51. The Kier molecular flexibility index (Phi) is 4.21. The van der Waals surface area contributed by atoms with E-state index in [4.69, 9.17) is 9.47 Å². The largest absolute Gasteiger partial charge is 0.486 e. The molecule has 0 saturated heterocycles. The van der Waals surface area contributed by atoms with Crippen LogP contribution in [0.1, 0.15) is 5.56 Å². The lowest BCUT2D eigenvalue weighted by Crippen LogP contribution is -2.40. The van der Waals surface area contributed by atoms with Crippen molar-refractivity contribution in [3.05, 3.63) is 23.8 Å². The fraction of sp³-hybridized carbons (Fsp3) is 0.417. The molecule has 1 aliphatic rings. The maximum Gasteiger partial charge on any atom is 0.405 e. The summed E-state index contributed by atoms with van der Waals surface area (Å²) in [6.45, 7) is -0.347. The van der Waals surface area contributed by atoms with E-state index >= 15 is 0 Å². The van der Waals surface area contributed by atoms with E-state index in [1.165, 1.54) is 0 Å². The molecule has 1 aliphatic heterocycles. The molecule has 0 bridgehead atoms. The molecule has 2 N–H and O–H groups in total. The monoisotopic (exact) mass is 290 g/mol. The number of ether oxygens (including phenoxy) is 2.